The molecule has 0 saturated heterocycles. The zero-order chi connectivity index (χ0) is 17.4. The number of fused-ring (bicyclic) bond motifs is 3. The first kappa shape index (κ1) is 14.7. The van der Waals surface area contributed by atoms with Crippen LogP contribution < -0.4 is 0 Å². The normalized spacial score (nSPS) is 28.6. The Balaban J connectivity index is 1.99. The number of ketones is 4. The molecule has 120 valence electrons. The molecular formula is C18H12O6. The van der Waals surface area contributed by atoms with E-state index in [4.69, 9.17) is 0 Å². The summed E-state index contributed by atoms with van der Waals surface area (Å²) in [6, 6.07) is 4.06. The van der Waals surface area contributed by atoms with E-state index in [0.717, 1.165) is 6.08 Å². The molecule has 0 radical (unpaired) electrons. The van der Waals surface area contributed by atoms with Crippen LogP contribution in [0.25, 0.3) is 0 Å². The van der Waals surface area contributed by atoms with E-state index in [2.05, 4.69) is 0 Å². The van der Waals surface area contributed by atoms with Crippen LogP contribution in [-0.4, -0.2) is 38.9 Å². The third-order valence-electron chi connectivity index (χ3n) is 4.99. The Labute approximate surface area is 136 Å². The first-order chi connectivity index (χ1) is 11.3. The summed E-state index contributed by atoms with van der Waals surface area (Å²) in [5.41, 5.74) is -2.63. The third-order valence-corrected chi connectivity index (χ3v) is 4.99. The number of hydrogen-bond acceptors (Lipinski definition) is 6. The number of aromatic hydroxyl groups is 1. The average molecular weight is 324 g/mol. The first-order valence-corrected chi connectivity index (χ1v) is 7.42. The van der Waals surface area contributed by atoms with Crippen molar-refractivity contribution in [1.82, 2.24) is 0 Å². The Morgan fingerprint density at radius 2 is 1.83 bits per heavy atom. The molecule has 1 aromatic rings. The van der Waals surface area contributed by atoms with E-state index in [1.54, 1.807) is 0 Å². The van der Waals surface area contributed by atoms with Crippen LogP contribution in [0.1, 0.15) is 34.1 Å². The highest BCUT2D eigenvalue weighted by Gasteiger charge is 2.59. The molecule has 6 nitrogen and oxygen atoms in total. The second kappa shape index (κ2) is 4.36. The Morgan fingerprint density at radius 3 is 2.54 bits per heavy atom. The molecule has 0 saturated carbocycles. The highest BCUT2D eigenvalue weighted by atomic mass is 16.3. The van der Waals surface area contributed by atoms with Crippen LogP contribution in [0.3, 0.4) is 0 Å². The van der Waals surface area contributed by atoms with Gasteiger partial charge in [-0.1, -0.05) is 12.1 Å². The average Bonchev–Trinajstić information content (AvgIpc) is 2.74. The van der Waals surface area contributed by atoms with Gasteiger partial charge in [0.1, 0.15) is 5.75 Å². The SMILES string of the molecule is CC1=C[C@@]2(O)C(=O)C3=C(C(=O)c4cccc(O)c4C3=O)[C@H]2CC1=O. The van der Waals surface area contributed by atoms with Gasteiger partial charge in [0.25, 0.3) is 0 Å². The number of carbonyl (C=O) groups is 4. The smallest absolute Gasteiger partial charge is 0.203 e. The van der Waals surface area contributed by atoms with Gasteiger partial charge < -0.3 is 10.2 Å². The van der Waals surface area contributed by atoms with E-state index < -0.39 is 40.2 Å². The fourth-order valence-corrected chi connectivity index (χ4v) is 3.79. The first-order valence-electron chi connectivity index (χ1n) is 7.42. The van der Waals surface area contributed by atoms with Gasteiger partial charge in [0.2, 0.25) is 11.6 Å². The van der Waals surface area contributed by atoms with Crippen molar-refractivity contribution in [3.8, 4) is 5.75 Å². The highest BCUT2D eigenvalue weighted by molar-refractivity contribution is 6.41. The predicted molar refractivity (Wildman–Crippen MR) is 80.6 cm³/mol. The molecule has 24 heavy (non-hydrogen) atoms. The Bertz CT molecular complexity index is 948. The number of benzene rings is 1. The maximum atomic E-state index is 12.8. The van der Waals surface area contributed by atoms with Gasteiger partial charge in [-0.15, -0.1) is 0 Å². The fourth-order valence-electron chi connectivity index (χ4n) is 3.79. The molecule has 0 bridgehead atoms. The molecule has 4 rings (SSSR count). The Morgan fingerprint density at radius 1 is 1.12 bits per heavy atom. The summed E-state index contributed by atoms with van der Waals surface area (Å²) in [5, 5.41) is 20.7. The van der Waals surface area contributed by atoms with Crippen LogP contribution in [0, 0.1) is 5.92 Å². The molecule has 0 amide bonds. The molecule has 2 N–H and O–H groups in total. The summed E-state index contributed by atoms with van der Waals surface area (Å²) in [5.74, 6) is -4.03. The number of Topliss-reactive ketones (excluding diaryl/α,β-unsaturated/α-hetero) is 4. The van der Waals surface area contributed by atoms with Crippen molar-refractivity contribution in [3.05, 3.63) is 52.1 Å². The maximum absolute atomic E-state index is 12.8. The van der Waals surface area contributed by atoms with Crippen LogP contribution >= 0.6 is 0 Å². The number of phenols is 1. The van der Waals surface area contributed by atoms with Crippen molar-refractivity contribution in [2.75, 3.05) is 0 Å². The standard InChI is InChI=1S/C18H12O6/c1-7-6-18(24)9(5-11(7)20)13-14(17(18)23)16(22)12-8(15(13)21)3-2-4-10(12)19/h2-4,6,9,19,24H,5H2,1H3/t9-,18+/m1/s1. The predicted octanol–water partition coefficient (Wildman–Crippen LogP) is 0.917. The quantitative estimate of drug-likeness (QED) is 0.687. The number of carbonyl (C=O) groups excluding carboxylic acids is 4. The van der Waals surface area contributed by atoms with Crippen LogP contribution in [0.15, 0.2) is 41.0 Å². The van der Waals surface area contributed by atoms with Crippen molar-refractivity contribution in [2.24, 2.45) is 5.92 Å². The maximum Gasteiger partial charge on any atom is 0.203 e. The van der Waals surface area contributed by atoms with Crippen molar-refractivity contribution in [2.45, 2.75) is 18.9 Å². The Hall–Kier alpha value is -2.86. The van der Waals surface area contributed by atoms with Gasteiger partial charge in [0, 0.05) is 23.5 Å². The second-order valence-electron chi connectivity index (χ2n) is 6.31. The van der Waals surface area contributed by atoms with Crippen molar-refractivity contribution < 1.29 is 29.4 Å². The molecule has 6 heteroatoms. The monoisotopic (exact) mass is 324 g/mol. The van der Waals surface area contributed by atoms with Gasteiger partial charge in [-0.3, -0.25) is 19.2 Å². The van der Waals surface area contributed by atoms with E-state index in [1.807, 2.05) is 0 Å². The lowest BCUT2D eigenvalue weighted by Gasteiger charge is -2.31. The fraction of sp³-hybridized carbons (Fsp3) is 0.222. The van der Waals surface area contributed by atoms with Crippen LogP contribution in [0.2, 0.25) is 0 Å². The molecular weight excluding hydrogens is 312 g/mol. The third kappa shape index (κ3) is 1.53. The van der Waals surface area contributed by atoms with Crippen molar-refractivity contribution >= 4 is 23.1 Å². The molecule has 0 unspecified atom stereocenters. The van der Waals surface area contributed by atoms with Crippen LogP contribution in [-0.2, 0) is 9.59 Å². The van der Waals surface area contributed by atoms with E-state index in [9.17, 15) is 29.4 Å². The topological polar surface area (TPSA) is 109 Å². The summed E-state index contributed by atoms with van der Waals surface area (Å²) in [4.78, 5) is 50.2. The minimum atomic E-state index is -2.06. The van der Waals surface area contributed by atoms with Crippen molar-refractivity contribution in [3.63, 3.8) is 0 Å². The number of allylic oxidation sites excluding steroid dienone is 1. The summed E-state index contributed by atoms with van der Waals surface area (Å²) < 4.78 is 0. The molecule has 3 aliphatic carbocycles. The molecule has 0 fully saturated rings. The summed E-state index contributed by atoms with van der Waals surface area (Å²) >= 11 is 0. The summed E-state index contributed by atoms with van der Waals surface area (Å²) in [6.07, 6.45) is 0.922. The van der Waals surface area contributed by atoms with Gasteiger partial charge in [-0.2, -0.15) is 0 Å². The molecule has 1 aromatic carbocycles. The zero-order valence-electron chi connectivity index (χ0n) is 12.6. The van der Waals surface area contributed by atoms with Gasteiger partial charge >= 0.3 is 0 Å². The molecule has 2 atom stereocenters. The molecule has 0 heterocycles. The van der Waals surface area contributed by atoms with Crippen LogP contribution in [0.4, 0.5) is 0 Å². The molecule has 3 aliphatic rings. The minimum Gasteiger partial charge on any atom is -0.507 e. The minimum absolute atomic E-state index is 0.0190. The number of phenolic OH excluding ortho intramolecular Hbond substituents is 1. The lowest BCUT2D eigenvalue weighted by Crippen LogP contribution is -2.45. The van der Waals surface area contributed by atoms with E-state index in [0.29, 0.717) is 0 Å². The molecule has 0 aromatic heterocycles. The second-order valence-corrected chi connectivity index (χ2v) is 6.31. The van der Waals surface area contributed by atoms with Gasteiger partial charge in [-0.25, -0.2) is 0 Å². The van der Waals surface area contributed by atoms with E-state index >= 15 is 0 Å². The molecule has 0 aliphatic heterocycles. The Kier molecular flexibility index (Phi) is 2.67. The van der Waals surface area contributed by atoms with E-state index in [1.165, 1.54) is 25.1 Å². The number of aliphatic hydroxyl groups is 1. The number of rotatable bonds is 0. The lowest BCUT2D eigenvalue weighted by atomic mass is 9.74. The molecule has 0 spiro atoms. The number of hydrogen-bond donors (Lipinski definition) is 2. The van der Waals surface area contributed by atoms with Gasteiger partial charge in [0.05, 0.1) is 11.1 Å². The summed E-state index contributed by atoms with van der Waals surface area (Å²) in [6.45, 7) is 1.48. The van der Waals surface area contributed by atoms with Crippen molar-refractivity contribution in [1.29, 1.82) is 0 Å². The lowest BCUT2D eigenvalue weighted by molar-refractivity contribution is -0.132. The highest BCUT2D eigenvalue weighted by Crippen LogP contribution is 2.49. The summed E-state index contributed by atoms with van der Waals surface area (Å²) in [7, 11) is 0. The van der Waals surface area contributed by atoms with Crippen LogP contribution in [0.5, 0.6) is 5.75 Å². The largest absolute Gasteiger partial charge is 0.507 e. The van der Waals surface area contributed by atoms with Gasteiger partial charge in [-0.05, 0) is 24.6 Å². The van der Waals surface area contributed by atoms with Gasteiger partial charge in [0.15, 0.2) is 17.2 Å². The van der Waals surface area contributed by atoms with E-state index in [-0.39, 0.29) is 34.5 Å². The zero-order valence-corrected chi connectivity index (χ0v) is 12.6.